The number of nitrogens with zero attached hydrogens (tertiary/aromatic N) is 1. The summed E-state index contributed by atoms with van der Waals surface area (Å²) < 4.78 is 5.61. The molecule has 0 spiro atoms. The molecule has 0 aliphatic rings. The van der Waals surface area contributed by atoms with Gasteiger partial charge in [0.2, 0.25) is 0 Å². The van der Waals surface area contributed by atoms with Crippen molar-refractivity contribution in [2.24, 2.45) is 0 Å². The smallest absolute Gasteiger partial charge is 0.140 e. The number of aromatic nitrogens is 1. The van der Waals surface area contributed by atoms with Crippen LogP contribution in [0.25, 0.3) is 0 Å². The number of hydrogen-bond donors (Lipinski definition) is 1. The zero-order chi connectivity index (χ0) is 12.1. The SMILES string of the molecule is CNCc1csc(COc2ccc(Cl)cc2)n1. The number of halogens is 1. The van der Waals surface area contributed by atoms with Crippen LogP contribution >= 0.6 is 22.9 Å². The molecular weight excluding hydrogens is 256 g/mol. The Morgan fingerprint density at radius 3 is 2.82 bits per heavy atom. The second-order valence-electron chi connectivity index (χ2n) is 3.51. The van der Waals surface area contributed by atoms with Crippen molar-refractivity contribution < 1.29 is 4.74 Å². The van der Waals surface area contributed by atoms with Crippen LogP contribution in [0, 0.1) is 0 Å². The van der Waals surface area contributed by atoms with E-state index >= 15 is 0 Å². The van der Waals surface area contributed by atoms with Gasteiger partial charge < -0.3 is 10.1 Å². The molecule has 1 aromatic carbocycles. The predicted octanol–water partition coefficient (Wildman–Crippen LogP) is 3.09. The standard InChI is InChI=1S/C12H13ClN2OS/c1-14-6-10-8-17-12(15-10)7-16-11-4-2-9(13)3-5-11/h2-5,8,14H,6-7H2,1H3. The monoisotopic (exact) mass is 268 g/mol. The highest BCUT2D eigenvalue weighted by Crippen LogP contribution is 2.18. The molecule has 2 rings (SSSR count). The van der Waals surface area contributed by atoms with Gasteiger partial charge in [0.1, 0.15) is 17.4 Å². The van der Waals surface area contributed by atoms with Gasteiger partial charge in [0.05, 0.1) is 5.69 Å². The third-order valence-corrected chi connectivity index (χ3v) is 3.26. The first-order chi connectivity index (χ1) is 8.28. The Morgan fingerprint density at radius 1 is 1.35 bits per heavy atom. The molecular formula is C12H13ClN2OS. The molecule has 0 saturated carbocycles. The maximum Gasteiger partial charge on any atom is 0.140 e. The van der Waals surface area contributed by atoms with Gasteiger partial charge in [0.15, 0.2) is 0 Å². The summed E-state index contributed by atoms with van der Waals surface area (Å²) in [5.41, 5.74) is 1.05. The van der Waals surface area contributed by atoms with Gasteiger partial charge in [-0.15, -0.1) is 11.3 Å². The van der Waals surface area contributed by atoms with E-state index in [2.05, 4.69) is 10.3 Å². The maximum absolute atomic E-state index is 5.79. The van der Waals surface area contributed by atoms with Gasteiger partial charge in [0.25, 0.3) is 0 Å². The summed E-state index contributed by atoms with van der Waals surface area (Å²) in [6.45, 7) is 1.29. The molecule has 17 heavy (non-hydrogen) atoms. The Balaban J connectivity index is 1.90. The molecule has 1 heterocycles. The van der Waals surface area contributed by atoms with Crippen LogP contribution in [-0.4, -0.2) is 12.0 Å². The fraction of sp³-hybridized carbons (Fsp3) is 0.250. The molecule has 0 saturated heterocycles. The fourth-order valence-electron chi connectivity index (χ4n) is 1.35. The first-order valence-electron chi connectivity index (χ1n) is 5.24. The molecule has 0 aliphatic carbocycles. The molecule has 2 aromatic rings. The van der Waals surface area contributed by atoms with E-state index in [0.717, 1.165) is 23.0 Å². The van der Waals surface area contributed by atoms with Gasteiger partial charge in [-0.1, -0.05) is 11.6 Å². The minimum atomic E-state index is 0.496. The van der Waals surface area contributed by atoms with E-state index in [1.165, 1.54) is 0 Å². The van der Waals surface area contributed by atoms with Gasteiger partial charge >= 0.3 is 0 Å². The number of hydrogen-bond acceptors (Lipinski definition) is 4. The van der Waals surface area contributed by atoms with Gasteiger partial charge in [-0.25, -0.2) is 4.98 Å². The number of ether oxygens (including phenoxy) is 1. The van der Waals surface area contributed by atoms with Crippen molar-refractivity contribution in [2.75, 3.05) is 7.05 Å². The van der Waals surface area contributed by atoms with Crippen LogP contribution in [0.15, 0.2) is 29.6 Å². The quantitative estimate of drug-likeness (QED) is 0.905. The Morgan fingerprint density at radius 2 is 2.12 bits per heavy atom. The summed E-state index contributed by atoms with van der Waals surface area (Å²) in [5.74, 6) is 0.805. The van der Waals surface area contributed by atoms with E-state index in [-0.39, 0.29) is 0 Å². The zero-order valence-corrected chi connectivity index (χ0v) is 11.0. The number of benzene rings is 1. The third kappa shape index (κ3) is 3.70. The van der Waals surface area contributed by atoms with E-state index in [0.29, 0.717) is 11.6 Å². The largest absolute Gasteiger partial charge is 0.486 e. The lowest BCUT2D eigenvalue weighted by Gasteiger charge is -2.03. The van der Waals surface area contributed by atoms with E-state index < -0.39 is 0 Å². The second-order valence-corrected chi connectivity index (χ2v) is 4.88. The summed E-state index contributed by atoms with van der Waals surface area (Å²) in [4.78, 5) is 4.44. The van der Waals surface area contributed by atoms with Crippen LogP contribution < -0.4 is 10.1 Å². The lowest BCUT2D eigenvalue weighted by molar-refractivity contribution is 0.305. The number of rotatable bonds is 5. The molecule has 0 unspecified atom stereocenters. The first kappa shape index (κ1) is 12.4. The Hall–Kier alpha value is -1.10. The molecule has 5 heteroatoms. The summed E-state index contributed by atoms with van der Waals surface area (Å²) in [7, 11) is 1.91. The second kappa shape index (κ2) is 6.00. The predicted molar refractivity (Wildman–Crippen MR) is 70.7 cm³/mol. The summed E-state index contributed by atoms with van der Waals surface area (Å²) in [6.07, 6.45) is 0. The molecule has 0 aliphatic heterocycles. The first-order valence-corrected chi connectivity index (χ1v) is 6.50. The fourth-order valence-corrected chi connectivity index (χ4v) is 2.18. The van der Waals surface area contributed by atoms with Crippen LogP contribution in [0.3, 0.4) is 0 Å². The average molecular weight is 269 g/mol. The van der Waals surface area contributed by atoms with Gasteiger partial charge in [-0.05, 0) is 31.3 Å². The van der Waals surface area contributed by atoms with Crippen molar-refractivity contribution in [3.63, 3.8) is 0 Å². The van der Waals surface area contributed by atoms with Crippen LogP contribution in [0.5, 0.6) is 5.75 Å². The van der Waals surface area contributed by atoms with Crippen molar-refractivity contribution in [3.05, 3.63) is 45.4 Å². The van der Waals surface area contributed by atoms with E-state index in [1.54, 1.807) is 11.3 Å². The number of thiazole rings is 1. The number of nitrogens with one attached hydrogen (secondary N) is 1. The molecule has 0 radical (unpaired) electrons. The van der Waals surface area contributed by atoms with Gasteiger partial charge in [-0.2, -0.15) is 0 Å². The van der Waals surface area contributed by atoms with Crippen LogP contribution in [0.1, 0.15) is 10.7 Å². The Labute approximate surface area is 109 Å². The normalized spacial score (nSPS) is 10.5. The van der Waals surface area contributed by atoms with Crippen molar-refractivity contribution in [3.8, 4) is 5.75 Å². The highest BCUT2D eigenvalue weighted by molar-refractivity contribution is 7.09. The van der Waals surface area contributed by atoms with Crippen molar-refractivity contribution in [1.82, 2.24) is 10.3 Å². The third-order valence-electron chi connectivity index (χ3n) is 2.13. The molecule has 3 nitrogen and oxygen atoms in total. The Bertz CT molecular complexity index is 470. The lowest BCUT2D eigenvalue weighted by Crippen LogP contribution is -2.05. The zero-order valence-electron chi connectivity index (χ0n) is 9.44. The molecule has 1 aromatic heterocycles. The minimum Gasteiger partial charge on any atom is -0.486 e. The van der Waals surface area contributed by atoms with Crippen molar-refractivity contribution in [1.29, 1.82) is 0 Å². The van der Waals surface area contributed by atoms with E-state index in [4.69, 9.17) is 16.3 Å². The van der Waals surface area contributed by atoms with Crippen LogP contribution in [-0.2, 0) is 13.2 Å². The average Bonchev–Trinajstić information content (AvgIpc) is 2.77. The van der Waals surface area contributed by atoms with Gasteiger partial charge in [-0.3, -0.25) is 0 Å². The molecule has 0 fully saturated rings. The van der Waals surface area contributed by atoms with Crippen molar-refractivity contribution >= 4 is 22.9 Å². The maximum atomic E-state index is 5.79. The highest BCUT2D eigenvalue weighted by atomic mass is 35.5. The van der Waals surface area contributed by atoms with E-state index in [1.807, 2.05) is 36.7 Å². The molecule has 1 N–H and O–H groups in total. The van der Waals surface area contributed by atoms with Crippen molar-refractivity contribution in [2.45, 2.75) is 13.2 Å². The van der Waals surface area contributed by atoms with Gasteiger partial charge in [0, 0.05) is 16.9 Å². The summed E-state index contributed by atoms with van der Waals surface area (Å²) in [5, 5.41) is 6.79. The highest BCUT2D eigenvalue weighted by Gasteiger charge is 2.02. The lowest BCUT2D eigenvalue weighted by atomic mass is 10.3. The summed E-state index contributed by atoms with van der Waals surface area (Å²) >= 11 is 7.40. The molecule has 0 atom stereocenters. The van der Waals surface area contributed by atoms with E-state index in [9.17, 15) is 0 Å². The molecule has 0 amide bonds. The molecule has 0 bridgehead atoms. The van der Waals surface area contributed by atoms with Crippen LogP contribution in [0.2, 0.25) is 5.02 Å². The summed E-state index contributed by atoms with van der Waals surface area (Å²) in [6, 6.07) is 7.32. The van der Waals surface area contributed by atoms with Crippen LogP contribution in [0.4, 0.5) is 0 Å². The topological polar surface area (TPSA) is 34.1 Å². The Kier molecular flexibility index (Phi) is 4.36. The molecule has 90 valence electrons. The minimum absolute atomic E-state index is 0.496.